The van der Waals surface area contributed by atoms with Crippen molar-refractivity contribution in [2.75, 3.05) is 7.11 Å². The van der Waals surface area contributed by atoms with Crippen molar-refractivity contribution in [2.45, 2.75) is 165 Å². The van der Waals surface area contributed by atoms with Gasteiger partial charge in [0.25, 0.3) is 0 Å². The predicted octanol–water partition coefficient (Wildman–Crippen LogP) is 12.5. The molecule has 0 saturated carbocycles. The first kappa shape index (κ1) is 51.3. The summed E-state index contributed by atoms with van der Waals surface area (Å²) in [5.41, 5.74) is 1.30. The van der Waals surface area contributed by atoms with Gasteiger partial charge in [-0.1, -0.05) is 110 Å². The Morgan fingerprint density at radius 1 is 0.750 bits per heavy atom. The largest absolute Gasteiger partial charge is 0.497 e. The first-order chi connectivity index (χ1) is 27.7. The third kappa shape index (κ3) is 13.0. The lowest BCUT2D eigenvalue weighted by atomic mass is 9.80. The Morgan fingerprint density at radius 2 is 1.27 bits per heavy atom. The second kappa shape index (κ2) is 20.9. The maximum Gasteiger partial charge on any atom is 0.338 e. The van der Waals surface area contributed by atoms with Gasteiger partial charge >= 0.3 is 5.97 Å². The molecule has 0 N–H and O–H groups in total. The molecule has 0 aliphatic carbocycles. The molecule has 334 valence electrons. The maximum atomic E-state index is 15.5. The Hall–Kier alpha value is -3.07. The third-order valence-electron chi connectivity index (χ3n) is 13.1. The van der Waals surface area contributed by atoms with Crippen LogP contribution in [0.15, 0.2) is 102 Å². The molecule has 0 fully saturated rings. The van der Waals surface area contributed by atoms with E-state index in [2.05, 4.69) is 81.2 Å². The second-order valence-corrected chi connectivity index (χ2v) is 31.8. The summed E-state index contributed by atoms with van der Waals surface area (Å²) in [6, 6.07) is 25.0. The van der Waals surface area contributed by atoms with Gasteiger partial charge < -0.3 is 23.1 Å². The molecular weight excluding hydrogens is 805 g/mol. The van der Waals surface area contributed by atoms with Crippen LogP contribution in [0.2, 0.25) is 36.3 Å². The Morgan fingerprint density at radius 3 is 1.77 bits per heavy atom. The van der Waals surface area contributed by atoms with E-state index in [1.807, 2.05) is 44.2 Å². The predicted molar refractivity (Wildman–Crippen MR) is 251 cm³/mol. The van der Waals surface area contributed by atoms with E-state index in [-0.39, 0.29) is 33.4 Å². The lowest BCUT2D eigenvalue weighted by Gasteiger charge is -2.47. The molecule has 0 aliphatic rings. The van der Waals surface area contributed by atoms with E-state index in [9.17, 15) is 4.79 Å². The first-order valence-electron chi connectivity index (χ1n) is 21.5. The highest BCUT2D eigenvalue weighted by Gasteiger charge is 2.55. The van der Waals surface area contributed by atoms with Gasteiger partial charge in [0, 0.05) is 12.0 Å². The van der Waals surface area contributed by atoms with Gasteiger partial charge in [-0.25, -0.2) is 13.2 Å². The highest BCUT2D eigenvalue weighted by atomic mass is 32.2. The number of benzene rings is 3. The van der Waals surface area contributed by atoms with E-state index in [0.29, 0.717) is 25.0 Å². The van der Waals surface area contributed by atoms with Crippen molar-refractivity contribution in [2.24, 2.45) is 11.8 Å². The van der Waals surface area contributed by atoms with Gasteiger partial charge in [0.15, 0.2) is 26.5 Å². The molecule has 7 atom stereocenters. The van der Waals surface area contributed by atoms with E-state index in [4.69, 9.17) is 23.1 Å². The average Bonchev–Trinajstić information content (AvgIpc) is 3.17. The summed E-state index contributed by atoms with van der Waals surface area (Å²) < 4.78 is 62.4. The molecule has 0 saturated heterocycles. The van der Waals surface area contributed by atoms with Crippen molar-refractivity contribution in [3.63, 3.8) is 0 Å². The Kier molecular flexibility index (Phi) is 17.8. The molecule has 0 amide bonds. The van der Waals surface area contributed by atoms with Crippen LogP contribution in [0.5, 0.6) is 5.75 Å². The van der Waals surface area contributed by atoms with Crippen LogP contribution in [0.3, 0.4) is 0 Å². The van der Waals surface area contributed by atoms with Crippen LogP contribution in [0.25, 0.3) is 0 Å². The molecule has 8 nitrogen and oxygen atoms in total. The van der Waals surface area contributed by atoms with Crippen molar-refractivity contribution in [3.8, 4) is 5.75 Å². The minimum absolute atomic E-state index is 0.0215. The third-order valence-corrected chi connectivity index (χ3v) is 24.7. The quantitative estimate of drug-likeness (QED) is 0.0559. The van der Waals surface area contributed by atoms with Crippen LogP contribution in [0.1, 0.15) is 104 Å². The summed E-state index contributed by atoms with van der Waals surface area (Å²) in [6.07, 6.45) is 0.615. The van der Waals surface area contributed by atoms with Gasteiger partial charge in [0.1, 0.15) is 16.6 Å². The number of rotatable bonds is 22. The summed E-state index contributed by atoms with van der Waals surface area (Å²) in [4.78, 5) is 14.5. The average molecular weight is 881 g/mol. The van der Waals surface area contributed by atoms with Crippen LogP contribution in [0, 0.1) is 11.8 Å². The van der Waals surface area contributed by atoms with Gasteiger partial charge in [0.05, 0.1) is 36.4 Å². The number of carbonyl (C=O) groups is 1. The molecule has 11 heteroatoms. The van der Waals surface area contributed by atoms with Crippen molar-refractivity contribution in [1.82, 2.24) is 0 Å². The summed E-state index contributed by atoms with van der Waals surface area (Å²) in [6.45, 7) is 34.3. The molecule has 0 aliphatic heterocycles. The number of ether oxygens (including phenoxy) is 3. The molecule has 3 aromatic carbocycles. The van der Waals surface area contributed by atoms with Gasteiger partial charge in [-0.15, -0.1) is 6.58 Å². The molecule has 3 aromatic rings. The summed E-state index contributed by atoms with van der Waals surface area (Å²) in [5.74, 6) is -0.759. The molecular formula is C49H76O8SSi2. The van der Waals surface area contributed by atoms with Gasteiger partial charge in [0.2, 0.25) is 0 Å². The van der Waals surface area contributed by atoms with Crippen molar-refractivity contribution >= 4 is 32.4 Å². The van der Waals surface area contributed by atoms with Crippen LogP contribution < -0.4 is 4.74 Å². The smallest absolute Gasteiger partial charge is 0.338 e. The Labute approximate surface area is 366 Å². The van der Waals surface area contributed by atoms with Crippen molar-refractivity contribution in [3.05, 3.63) is 109 Å². The van der Waals surface area contributed by atoms with Gasteiger partial charge in [-0.05, 0) is 117 Å². The number of esters is 1. The summed E-state index contributed by atoms with van der Waals surface area (Å²) in [5, 5.41) is -0.177. The standard InChI is InChI=1S/C49H76O8SSi2/c1-17-24-43(54-35-39-29-31-41(53-12)32-30-39)36(2)34-49(11,58(51,52)42-27-22-19-23-28-42)45(55-46(50)40-25-20-18-21-26-40)38(4)44(57-60(15,16)48(8,9)10)33-37(3)56-59(13,14)47(5,6)7/h17-23,25-32,36-38,43-45H,1,24,33-35H2,2-16H3/t36-,37+,38-,43+,44+,45?,49?/m0/s1. The fourth-order valence-corrected chi connectivity index (χ4v) is 12.3. The zero-order valence-electron chi connectivity index (χ0n) is 39.3. The lowest BCUT2D eigenvalue weighted by molar-refractivity contribution is -0.0444. The van der Waals surface area contributed by atoms with E-state index in [0.717, 1.165) is 11.3 Å². The number of methoxy groups -OCH3 is 1. The maximum absolute atomic E-state index is 15.5. The Balaban J connectivity index is 2.28. The zero-order valence-corrected chi connectivity index (χ0v) is 42.2. The fourth-order valence-electron chi connectivity index (χ4n) is 7.29. The minimum atomic E-state index is -4.21. The molecule has 2 unspecified atom stereocenters. The highest BCUT2D eigenvalue weighted by Crippen LogP contribution is 2.45. The summed E-state index contributed by atoms with van der Waals surface area (Å²) >= 11 is 0. The summed E-state index contributed by atoms with van der Waals surface area (Å²) in [7, 11) is -7.29. The second-order valence-electron chi connectivity index (χ2n) is 19.9. The highest BCUT2D eigenvalue weighted by molar-refractivity contribution is 7.92. The molecule has 0 spiro atoms. The lowest BCUT2D eigenvalue weighted by Crippen LogP contribution is -2.57. The SMILES string of the molecule is C=CC[C@@H](OCc1ccc(OC)cc1)[C@@H](C)CC(C)(C(OC(=O)c1ccccc1)[C@@H](C)[C@@H](C[C@@H](C)O[Si](C)(C)C(C)(C)C)O[Si](C)(C)C(C)(C)C)S(=O)(=O)c1ccccc1. The molecule has 0 radical (unpaired) electrons. The van der Waals surface area contributed by atoms with Crippen molar-refractivity contribution < 1.29 is 36.3 Å². The van der Waals surface area contributed by atoms with E-state index >= 15 is 8.42 Å². The first-order valence-corrected chi connectivity index (χ1v) is 28.8. The topological polar surface area (TPSA) is 97.4 Å². The van der Waals surface area contributed by atoms with Crippen LogP contribution >= 0.6 is 0 Å². The fraction of sp³-hybridized carbons (Fsp3) is 0.571. The molecule has 60 heavy (non-hydrogen) atoms. The Bertz CT molecular complexity index is 1900. The van der Waals surface area contributed by atoms with Crippen LogP contribution in [-0.2, 0) is 34.8 Å². The molecule has 0 heterocycles. The zero-order chi connectivity index (χ0) is 45.3. The number of carbonyl (C=O) groups excluding carboxylic acids is 1. The van der Waals surface area contributed by atoms with Gasteiger partial charge in [-0.2, -0.15) is 0 Å². The number of hydrogen-bond donors (Lipinski definition) is 0. The number of sulfone groups is 1. The van der Waals surface area contributed by atoms with Crippen LogP contribution in [-0.4, -0.2) is 67.3 Å². The van der Waals surface area contributed by atoms with E-state index in [1.54, 1.807) is 74.7 Å². The van der Waals surface area contributed by atoms with E-state index < -0.39 is 61.4 Å². The number of hydrogen-bond acceptors (Lipinski definition) is 8. The minimum Gasteiger partial charge on any atom is -0.497 e. The molecule has 0 aromatic heterocycles. The van der Waals surface area contributed by atoms with E-state index in [1.165, 1.54) is 0 Å². The van der Waals surface area contributed by atoms with Crippen molar-refractivity contribution in [1.29, 1.82) is 0 Å². The van der Waals surface area contributed by atoms with Gasteiger partial charge in [-0.3, -0.25) is 0 Å². The molecule has 3 rings (SSSR count). The van der Waals surface area contributed by atoms with Crippen LogP contribution in [0.4, 0.5) is 0 Å². The normalized spacial score (nSPS) is 17.1. The monoisotopic (exact) mass is 880 g/mol. The molecule has 0 bridgehead atoms.